The number of hydrogen-bond acceptors (Lipinski definition) is 1. The monoisotopic (exact) mass is 210 g/mol. The van der Waals surface area contributed by atoms with E-state index in [9.17, 15) is 5.11 Å². The molecule has 2 aromatic carbocycles. The van der Waals surface area contributed by atoms with Crippen LogP contribution in [0.25, 0.3) is 16.8 Å². The zero-order valence-corrected chi connectivity index (χ0v) is 9.27. The molecule has 2 aromatic rings. The standard InChI is InChI=1S/C15H14O/c1-3-4-6-12-10-13-7-5-8-15(16)14(13)9-11(12)2/h3-10,16H,1H2,2H3/b6-4-. The largest absolute Gasteiger partial charge is 0.507 e. The summed E-state index contributed by atoms with van der Waals surface area (Å²) in [5.41, 5.74) is 2.30. The van der Waals surface area contributed by atoms with E-state index >= 15 is 0 Å². The first-order chi connectivity index (χ1) is 7.72. The van der Waals surface area contributed by atoms with E-state index < -0.39 is 0 Å². The van der Waals surface area contributed by atoms with Crippen molar-refractivity contribution >= 4 is 16.8 Å². The van der Waals surface area contributed by atoms with E-state index in [1.165, 1.54) is 0 Å². The van der Waals surface area contributed by atoms with Crippen LogP contribution in [0.4, 0.5) is 0 Å². The summed E-state index contributed by atoms with van der Waals surface area (Å²) in [7, 11) is 0. The van der Waals surface area contributed by atoms with Crippen molar-refractivity contribution in [2.24, 2.45) is 0 Å². The molecule has 0 fully saturated rings. The fourth-order valence-corrected chi connectivity index (χ4v) is 1.79. The first-order valence-corrected chi connectivity index (χ1v) is 5.24. The van der Waals surface area contributed by atoms with Crippen LogP contribution in [0.15, 0.2) is 49.1 Å². The van der Waals surface area contributed by atoms with Crippen molar-refractivity contribution in [3.63, 3.8) is 0 Å². The third-order valence-electron chi connectivity index (χ3n) is 2.66. The third kappa shape index (κ3) is 1.84. The number of hydrogen-bond donors (Lipinski definition) is 1. The average Bonchev–Trinajstić information content (AvgIpc) is 2.28. The minimum Gasteiger partial charge on any atom is -0.507 e. The molecule has 0 saturated carbocycles. The van der Waals surface area contributed by atoms with E-state index in [-0.39, 0.29) is 0 Å². The summed E-state index contributed by atoms with van der Waals surface area (Å²) in [6.45, 7) is 5.69. The van der Waals surface area contributed by atoms with Crippen LogP contribution >= 0.6 is 0 Å². The molecule has 0 aliphatic heterocycles. The van der Waals surface area contributed by atoms with E-state index in [1.54, 1.807) is 12.1 Å². The molecule has 1 nitrogen and oxygen atoms in total. The molecule has 0 aliphatic rings. The highest BCUT2D eigenvalue weighted by Gasteiger charge is 2.02. The number of phenols is 1. The van der Waals surface area contributed by atoms with Crippen molar-refractivity contribution in [2.75, 3.05) is 0 Å². The minimum atomic E-state index is 0.333. The number of aromatic hydroxyl groups is 1. The molecule has 0 saturated heterocycles. The van der Waals surface area contributed by atoms with E-state index in [4.69, 9.17) is 0 Å². The summed E-state index contributed by atoms with van der Waals surface area (Å²) in [4.78, 5) is 0. The lowest BCUT2D eigenvalue weighted by molar-refractivity contribution is 0.481. The molecule has 0 radical (unpaired) electrons. The average molecular weight is 210 g/mol. The maximum Gasteiger partial charge on any atom is 0.123 e. The van der Waals surface area contributed by atoms with Gasteiger partial charge in [0.1, 0.15) is 5.75 Å². The summed E-state index contributed by atoms with van der Waals surface area (Å²) in [5.74, 6) is 0.333. The Labute approximate surface area is 95.4 Å². The van der Waals surface area contributed by atoms with Gasteiger partial charge in [0.25, 0.3) is 0 Å². The van der Waals surface area contributed by atoms with Gasteiger partial charge in [-0.2, -0.15) is 0 Å². The number of allylic oxidation sites excluding steroid dienone is 2. The summed E-state index contributed by atoms with van der Waals surface area (Å²) < 4.78 is 0. The molecule has 2 rings (SSSR count). The highest BCUT2D eigenvalue weighted by Crippen LogP contribution is 2.27. The summed E-state index contributed by atoms with van der Waals surface area (Å²) in [6.07, 6.45) is 5.69. The smallest absolute Gasteiger partial charge is 0.123 e. The van der Waals surface area contributed by atoms with Gasteiger partial charge in [-0.1, -0.05) is 36.9 Å². The molecule has 80 valence electrons. The van der Waals surface area contributed by atoms with Crippen LogP contribution in [-0.2, 0) is 0 Å². The molecular weight excluding hydrogens is 196 g/mol. The summed E-state index contributed by atoms with van der Waals surface area (Å²) >= 11 is 0. The molecule has 0 unspecified atom stereocenters. The zero-order chi connectivity index (χ0) is 11.5. The fourth-order valence-electron chi connectivity index (χ4n) is 1.79. The Balaban J connectivity index is 2.67. The van der Waals surface area contributed by atoms with Crippen LogP contribution in [-0.4, -0.2) is 5.11 Å². The topological polar surface area (TPSA) is 20.2 Å². The van der Waals surface area contributed by atoms with Gasteiger partial charge in [0.05, 0.1) is 0 Å². The number of aryl methyl sites for hydroxylation is 1. The van der Waals surface area contributed by atoms with Gasteiger partial charge < -0.3 is 5.11 Å². The van der Waals surface area contributed by atoms with Crippen molar-refractivity contribution < 1.29 is 5.11 Å². The van der Waals surface area contributed by atoms with E-state index in [0.717, 1.165) is 21.9 Å². The number of rotatable bonds is 2. The second kappa shape index (κ2) is 4.23. The first kappa shape index (κ1) is 10.5. The Bertz CT molecular complexity index is 565. The Kier molecular flexibility index (Phi) is 2.78. The Morgan fingerprint density at radius 1 is 1.25 bits per heavy atom. The predicted molar refractivity (Wildman–Crippen MR) is 69.6 cm³/mol. The van der Waals surface area contributed by atoms with Gasteiger partial charge in [-0.15, -0.1) is 0 Å². The van der Waals surface area contributed by atoms with Gasteiger partial charge >= 0.3 is 0 Å². The van der Waals surface area contributed by atoms with Gasteiger partial charge in [-0.3, -0.25) is 0 Å². The molecule has 16 heavy (non-hydrogen) atoms. The van der Waals surface area contributed by atoms with Crippen molar-refractivity contribution in [3.05, 3.63) is 60.2 Å². The maximum absolute atomic E-state index is 9.73. The summed E-state index contributed by atoms with van der Waals surface area (Å²) in [6, 6.07) is 9.65. The first-order valence-electron chi connectivity index (χ1n) is 5.24. The van der Waals surface area contributed by atoms with Crippen LogP contribution in [0.2, 0.25) is 0 Å². The Morgan fingerprint density at radius 3 is 2.81 bits per heavy atom. The van der Waals surface area contributed by atoms with Crippen LogP contribution in [0.3, 0.4) is 0 Å². The molecular formula is C15H14O. The Hall–Kier alpha value is -2.02. The maximum atomic E-state index is 9.73. The second-order valence-corrected chi connectivity index (χ2v) is 3.80. The van der Waals surface area contributed by atoms with Crippen molar-refractivity contribution in [1.82, 2.24) is 0 Å². The zero-order valence-electron chi connectivity index (χ0n) is 9.27. The Morgan fingerprint density at radius 2 is 2.06 bits per heavy atom. The molecule has 0 atom stereocenters. The normalized spacial score (nSPS) is 11.1. The molecule has 0 aromatic heterocycles. The summed E-state index contributed by atoms with van der Waals surface area (Å²) in [5, 5.41) is 11.7. The van der Waals surface area contributed by atoms with Crippen molar-refractivity contribution in [2.45, 2.75) is 6.92 Å². The van der Waals surface area contributed by atoms with Gasteiger partial charge in [0.15, 0.2) is 0 Å². The lowest BCUT2D eigenvalue weighted by Gasteiger charge is -2.05. The van der Waals surface area contributed by atoms with E-state index in [2.05, 4.69) is 12.6 Å². The van der Waals surface area contributed by atoms with E-state index in [1.807, 2.05) is 37.3 Å². The van der Waals surface area contributed by atoms with Crippen molar-refractivity contribution in [1.29, 1.82) is 0 Å². The molecule has 0 aliphatic carbocycles. The minimum absolute atomic E-state index is 0.333. The number of fused-ring (bicyclic) bond motifs is 1. The van der Waals surface area contributed by atoms with Gasteiger partial charge in [-0.05, 0) is 41.6 Å². The molecule has 0 bridgehead atoms. The fraction of sp³-hybridized carbons (Fsp3) is 0.0667. The highest BCUT2D eigenvalue weighted by molar-refractivity contribution is 5.90. The van der Waals surface area contributed by atoms with Crippen LogP contribution in [0.5, 0.6) is 5.75 Å². The quantitative estimate of drug-likeness (QED) is 0.741. The predicted octanol–water partition coefficient (Wildman–Crippen LogP) is 4.05. The SMILES string of the molecule is C=C/C=C\c1cc2cccc(O)c2cc1C. The third-order valence-corrected chi connectivity index (χ3v) is 2.66. The molecule has 0 amide bonds. The van der Waals surface area contributed by atoms with Gasteiger partial charge in [0.2, 0.25) is 0 Å². The van der Waals surface area contributed by atoms with Crippen LogP contribution in [0, 0.1) is 6.92 Å². The number of benzene rings is 2. The number of phenolic OH excluding ortho intramolecular Hbond substituents is 1. The molecule has 0 spiro atoms. The van der Waals surface area contributed by atoms with Crippen LogP contribution in [0.1, 0.15) is 11.1 Å². The lowest BCUT2D eigenvalue weighted by atomic mass is 10.0. The van der Waals surface area contributed by atoms with Crippen molar-refractivity contribution in [3.8, 4) is 5.75 Å². The lowest BCUT2D eigenvalue weighted by Crippen LogP contribution is -1.82. The second-order valence-electron chi connectivity index (χ2n) is 3.80. The molecule has 0 heterocycles. The van der Waals surface area contributed by atoms with Crippen LogP contribution < -0.4 is 0 Å². The van der Waals surface area contributed by atoms with E-state index in [0.29, 0.717) is 5.75 Å². The molecule has 1 N–H and O–H groups in total. The van der Waals surface area contributed by atoms with Gasteiger partial charge in [0, 0.05) is 5.39 Å². The molecule has 1 heteroatoms. The highest BCUT2D eigenvalue weighted by atomic mass is 16.3. The van der Waals surface area contributed by atoms with Gasteiger partial charge in [-0.25, -0.2) is 0 Å².